The lowest BCUT2D eigenvalue weighted by Gasteiger charge is -2.33. The molecule has 1 aromatic rings. The van der Waals surface area contributed by atoms with Gasteiger partial charge in [0.15, 0.2) is 0 Å². The van der Waals surface area contributed by atoms with E-state index in [2.05, 4.69) is 26.0 Å². The number of likely N-dealkylation sites (tertiary alicyclic amines) is 1. The summed E-state index contributed by atoms with van der Waals surface area (Å²) < 4.78 is 5.56. The van der Waals surface area contributed by atoms with Crippen molar-refractivity contribution in [1.29, 1.82) is 0 Å². The third kappa shape index (κ3) is 4.97. The predicted octanol–water partition coefficient (Wildman–Crippen LogP) is 4.50. The molecule has 1 aromatic carbocycles. The summed E-state index contributed by atoms with van der Waals surface area (Å²) in [6.45, 7) is 10.7. The van der Waals surface area contributed by atoms with Gasteiger partial charge in [0.1, 0.15) is 5.60 Å². The van der Waals surface area contributed by atoms with Gasteiger partial charge in [-0.2, -0.15) is 0 Å². The van der Waals surface area contributed by atoms with Gasteiger partial charge < -0.3 is 15.4 Å². The molecule has 0 aliphatic carbocycles. The summed E-state index contributed by atoms with van der Waals surface area (Å²) in [6.07, 6.45) is 2.75. The van der Waals surface area contributed by atoms with Crippen LogP contribution in [0.25, 0.3) is 0 Å². The number of nitrogens with zero attached hydrogens (tertiary/aromatic N) is 1. The Labute approximate surface area is 146 Å². The van der Waals surface area contributed by atoms with Crippen LogP contribution in [0.2, 0.25) is 0 Å². The summed E-state index contributed by atoms with van der Waals surface area (Å²) in [5.74, 6) is 0.474. The minimum absolute atomic E-state index is 0.0601. The highest BCUT2D eigenvalue weighted by atomic mass is 16.6. The second-order valence-corrected chi connectivity index (χ2v) is 8.57. The lowest BCUT2D eigenvalue weighted by Crippen LogP contribution is -2.45. The van der Waals surface area contributed by atoms with Gasteiger partial charge >= 0.3 is 6.09 Å². The van der Waals surface area contributed by atoms with E-state index in [0.717, 1.165) is 25.8 Å². The number of carbonyl (C=O) groups excluding carboxylic acids is 1. The number of benzene rings is 1. The monoisotopic (exact) mass is 332 g/mol. The molecule has 1 aliphatic rings. The molecule has 4 heteroatoms. The maximum absolute atomic E-state index is 12.5. The number of hydrogen-bond acceptors (Lipinski definition) is 3. The molecule has 1 fully saturated rings. The standard InChI is InChI=1S/C20H32N2O2/c1-19(2,3)24-18(23)22-14-15(13-20(22,4)5)11-12-17(21)16-9-7-6-8-10-16/h6-10,15,17H,11-14,21H2,1-5H3/t15-,17?/m0/s1. The first-order valence-electron chi connectivity index (χ1n) is 8.90. The largest absolute Gasteiger partial charge is 0.444 e. The van der Waals surface area contributed by atoms with E-state index in [4.69, 9.17) is 10.5 Å². The third-order valence-corrected chi connectivity index (χ3v) is 4.69. The molecular weight excluding hydrogens is 300 g/mol. The highest BCUT2D eigenvalue weighted by Crippen LogP contribution is 2.37. The van der Waals surface area contributed by atoms with E-state index < -0.39 is 5.60 Å². The van der Waals surface area contributed by atoms with Crippen molar-refractivity contribution >= 4 is 6.09 Å². The van der Waals surface area contributed by atoms with Gasteiger partial charge in [0, 0.05) is 18.1 Å². The fourth-order valence-electron chi connectivity index (χ4n) is 3.50. The molecule has 134 valence electrons. The van der Waals surface area contributed by atoms with Crippen molar-refractivity contribution in [1.82, 2.24) is 4.90 Å². The predicted molar refractivity (Wildman–Crippen MR) is 97.7 cm³/mol. The molecule has 1 heterocycles. The average Bonchev–Trinajstić information content (AvgIpc) is 2.79. The Bertz CT molecular complexity index is 549. The van der Waals surface area contributed by atoms with Crippen LogP contribution < -0.4 is 5.73 Å². The summed E-state index contributed by atoms with van der Waals surface area (Å²) >= 11 is 0. The summed E-state index contributed by atoms with van der Waals surface area (Å²) in [5, 5.41) is 0. The summed E-state index contributed by atoms with van der Waals surface area (Å²) in [5.41, 5.74) is 6.87. The van der Waals surface area contributed by atoms with Gasteiger partial charge in [0.25, 0.3) is 0 Å². The van der Waals surface area contributed by atoms with Crippen LogP contribution in [0.3, 0.4) is 0 Å². The molecule has 2 atom stereocenters. The normalized spacial score (nSPS) is 21.6. The van der Waals surface area contributed by atoms with Gasteiger partial charge in [-0.25, -0.2) is 4.79 Å². The van der Waals surface area contributed by atoms with Gasteiger partial charge in [0.2, 0.25) is 0 Å². The van der Waals surface area contributed by atoms with Crippen molar-refractivity contribution < 1.29 is 9.53 Å². The Kier molecular flexibility index (Phi) is 5.59. The molecule has 0 aromatic heterocycles. The molecule has 2 rings (SSSR count). The van der Waals surface area contributed by atoms with Gasteiger partial charge in [-0.3, -0.25) is 0 Å². The van der Waals surface area contributed by atoms with Crippen LogP contribution in [0, 0.1) is 5.92 Å². The number of rotatable bonds is 4. The number of amides is 1. The first-order valence-corrected chi connectivity index (χ1v) is 8.90. The Morgan fingerprint density at radius 3 is 2.54 bits per heavy atom. The lowest BCUT2D eigenvalue weighted by atomic mass is 9.91. The van der Waals surface area contributed by atoms with Gasteiger partial charge in [-0.15, -0.1) is 0 Å². The Morgan fingerprint density at radius 2 is 1.96 bits per heavy atom. The van der Waals surface area contributed by atoms with E-state index in [1.807, 2.05) is 43.9 Å². The van der Waals surface area contributed by atoms with Crippen LogP contribution in [0.15, 0.2) is 30.3 Å². The molecule has 0 saturated carbocycles. The molecule has 0 spiro atoms. The second kappa shape index (κ2) is 7.14. The molecule has 24 heavy (non-hydrogen) atoms. The van der Waals surface area contributed by atoms with Crippen molar-refractivity contribution in [2.75, 3.05) is 6.54 Å². The zero-order valence-corrected chi connectivity index (χ0v) is 15.7. The van der Waals surface area contributed by atoms with Crippen molar-refractivity contribution in [3.63, 3.8) is 0 Å². The van der Waals surface area contributed by atoms with Crippen LogP contribution in [0.4, 0.5) is 4.79 Å². The summed E-state index contributed by atoms with van der Waals surface area (Å²) in [6, 6.07) is 10.3. The number of carbonyl (C=O) groups is 1. The molecule has 1 unspecified atom stereocenters. The SMILES string of the molecule is CC(C)(C)OC(=O)N1C[C@@H](CCC(N)c2ccccc2)CC1(C)C. The summed E-state index contributed by atoms with van der Waals surface area (Å²) in [7, 11) is 0. The average molecular weight is 332 g/mol. The second-order valence-electron chi connectivity index (χ2n) is 8.57. The van der Waals surface area contributed by atoms with E-state index in [1.165, 1.54) is 5.56 Å². The van der Waals surface area contributed by atoms with E-state index in [0.29, 0.717) is 5.92 Å². The van der Waals surface area contributed by atoms with Gasteiger partial charge in [0.05, 0.1) is 0 Å². The van der Waals surface area contributed by atoms with Gasteiger partial charge in [-0.05, 0) is 65.4 Å². The first-order chi connectivity index (χ1) is 11.1. The Hall–Kier alpha value is -1.55. The Morgan fingerprint density at radius 1 is 1.33 bits per heavy atom. The molecule has 1 aliphatic heterocycles. The third-order valence-electron chi connectivity index (χ3n) is 4.69. The van der Waals surface area contributed by atoms with Crippen molar-refractivity contribution in [3.05, 3.63) is 35.9 Å². The van der Waals surface area contributed by atoms with Gasteiger partial charge in [-0.1, -0.05) is 30.3 Å². The molecule has 1 saturated heterocycles. The molecule has 0 radical (unpaired) electrons. The quantitative estimate of drug-likeness (QED) is 0.883. The summed E-state index contributed by atoms with van der Waals surface area (Å²) in [4.78, 5) is 14.3. The minimum Gasteiger partial charge on any atom is -0.444 e. The van der Waals surface area contributed by atoms with Crippen molar-refractivity contribution in [2.45, 2.75) is 71.1 Å². The van der Waals surface area contributed by atoms with Crippen LogP contribution in [0.5, 0.6) is 0 Å². The molecule has 1 amide bonds. The zero-order chi connectivity index (χ0) is 18.0. The highest BCUT2D eigenvalue weighted by Gasteiger charge is 2.42. The maximum atomic E-state index is 12.5. The molecule has 4 nitrogen and oxygen atoms in total. The first kappa shape index (κ1) is 18.8. The minimum atomic E-state index is -0.457. The fraction of sp³-hybridized carbons (Fsp3) is 0.650. The number of ether oxygens (including phenoxy) is 1. The Balaban J connectivity index is 1.91. The van der Waals surface area contributed by atoms with Crippen LogP contribution in [0.1, 0.15) is 65.5 Å². The molecule has 2 N–H and O–H groups in total. The number of hydrogen-bond donors (Lipinski definition) is 1. The zero-order valence-electron chi connectivity index (χ0n) is 15.7. The highest BCUT2D eigenvalue weighted by molar-refractivity contribution is 5.69. The molecular formula is C20H32N2O2. The van der Waals surface area contributed by atoms with E-state index in [1.54, 1.807) is 0 Å². The van der Waals surface area contributed by atoms with E-state index in [-0.39, 0.29) is 17.7 Å². The van der Waals surface area contributed by atoms with Crippen LogP contribution in [-0.4, -0.2) is 28.7 Å². The van der Waals surface area contributed by atoms with E-state index >= 15 is 0 Å². The maximum Gasteiger partial charge on any atom is 0.410 e. The molecule has 0 bridgehead atoms. The lowest BCUT2D eigenvalue weighted by molar-refractivity contribution is 0.0131. The smallest absolute Gasteiger partial charge is 0.410 e. The van der Waals surface area contributed by atoms with E-state index in [9.17, 15) is 4.79 Å². The van der Waals surface area contributed by atoms with Crippen LogP contribution >= 0.6 is 0 Å². The fourth-order valence-corrected chi connectivity index (χ4v) is 3.50. The topological polar surface area (TPSA) is 55.6 Å². The van der Waals surface area contributed by atoms with Crippen molar-refractivity contribution in [3.8, 4) is 0 Å². The number of nitrogens with two attached hydrogens (primary N) is 1. The van der Waals surface area contributed by atoms with Crippen LogP contribution in [-0.2, 0) is 4.74 Å². The van der Waals surface area contributed by atoms with Crippen molar-refractivity contribution in [2.24, 2.45) is 11.7 Å².